The highest BCUT2D eigenvalue weighted by atomic mass is 32.2. The Morgan fingerprint density at radius 2 is 1.61 bits per heavy atom. The van der Waals surface area contributed by atoms with E-state index in [1.165, 1.54) is 55.3 Å². The fourth-order valence-electron chi connectivity index (χ4n) is 3.66. The number of anilines is 1. The number of benzene rings is 2. The second kappa shape index (κ2) is 11.5. The molecular formula is C23H27N3O4S. The molecule has 0 heterocycles. The zero-order chi connectivity index (χ0) is 22.1. The molecule has 1 aliphatic carbocycles. The van der Waals surface area contributed by atoms with Gasteiger partial charge in [0.2, 0.25) is 5.91 Å². The molecular weight excluding hydrogens is 414 g/mol. The lowest BCUT2D eigenvalue weighted by Crippen LogP contribution is -2.36. The first-order chi connectivity index (χ1) is 15.0. The minimum atomic E-state index is -0.487. The van der Waals surface area contributed by atoms with Crippen molar-refractivity contribution in [3.63, 3.8) is 0 Å². The monoisotopic (exact) mass is 441 g/mol. The molecule has 0 unspecified atom stereocenters. The van der Waals surface area contributed by atoms with Crippen molar-refractivity contribution in [1.82, 2.24) is 5.32 Å². The van der Waals surface area contributed by atoms with Crippen molar-refractivity contribution in [2.75, 3.05) is 11.1 Å². The highest BCUT2D eigenvalue weighted by Gasteiger charge is 2.16. The van der Waals surface area contributed by atoms with E-state index in [0.717, 1.165) is 30.6 Å². The van der Waals surface area contributed by atoms with Crippen LogP contribution in [0.5, 0.6) is 0 Å². The van der Waals surface area contributed by atoms with E-state index in [1.54, 1.807) is 12.1 Å². The molecule has 0 bridgehead atoms. The summed E-state index contributed by atoms with van der Waals surface area (Å²) in [5.41, 5.74) is 0.895. The Hall–Kier alpha value is -2.87. The van der Waals surface area contributed by atoms with Gasteiger partial charge in [-0.1, -0.05) is 44.2 Å². The molecule has 1 saturated carbocycles. The first kappa shape index (κ1) is 22.8. The van der Waals surface area contributed by atoms with E-state index in [9.17, 15) is 19.7 Å². The fraction of sp³-hybridized carbons (Fsp3) is 0.391. The number of non-ortho nitro benzene ring substituents is 1. The Bertz CT molecular complexity index is 909. The van der Waals surface area contributed by atoms with Gasteiger partial charge in [-0.25, -0.2) is 0 Å². The quantitative estimate of drug-likeness (QED) is 0.351. The third kappa shape index (κ3) is 7.10. The van der Waals surface area contributed by atoms with E-state index in [2.05, 4.69) is 10.6 Å². The number of hydrogen-bond acceptors (Lipinski definition) is 5. The Labute approximate surface area is 186 Å². The van der Waals surface area contributed by atoms with Gasteiger partial charge in [0, 0.05) is 28.8 Å². The number of thioether (sulfide) groups is 1. The van der Waals surface area contributed by atoms with Crippen molar-refractivity contribution in [2.24, 2.45) is 0 Å². The number of amides is 2. The van der Waals surface area contributed by atoms with Crippen LogP contribution in [0.15, 0.2) is 53.4 Å². The van der Waals surface area contributed by atoms with Crippen LogP contribution in [0.4, 0.5) is 11.4 Å². The maximum atomic E-state index is 12.7. The Balaban J connectivity index is 1.57. The van der Waals surface area contributed by atoms with Crippen LogP contribution in [0.1, 0.15) is 55.3 Å². The van der Waals surface area contributed by atoms with Gasteiger partial charge >= 0.3 is 0 Å². The molecule has 1 fully saturated rings. The van der Waals surface area contributed by atoms with Crippen LogP contribution in [0.2, 0.25) is 0 Å². The van der Waals surface area contributed by atoms with Gasteiger partial charge in [-0.15, -0.1) is 11.8 Å². The van der Waals surface area contributed by atoms with E-state index in [4.69, 9.17) is 0 Å². The number of nitro benzene ring substituents is 1. The van der Waals surface area contributed by atoms with Gasteiger partial charge in [0.1, 0.15) is 0 Å². The van der Waals surface area contributed by atoms with E-state index in [1.807, 2.05) is 12.1 Å². The zero-order valence-corrected chi connectivity index (χ0v) is 18.2. The Morgan fingerprint density at radius 3 is 2.29 bits per heavy atom. The summed E-state index contributed by atoms with van der Waals surface area (Å²) in [4.78, 5) is 36.2. The van der Waals surface area contributed by atoms with Gasteiger partial charge in [0.15, 0.2) is 0 Å². The standard InChI is InChI=1S/C23H27N3O4S/c27-22(24-17-8-4-2-1-3-5-9-17)16-31-21-11-7-6-10-20(21)23(28)25-18-12-14-19(15-13-18)26(29)30/h6-7,10-15,17H,1-5,8-9,16H2,(H,24,27)(H,25,28). The molecule has 0 spiro atoms. The predicted octanol–water partition coefficient (Wildman–Crippen LogP) is 5.17. The molecule has 164 valence electrons. The fourth-order valence-corrected chi connectivity index (χ4v) is 4.52. The van der Waals surface area contributed by atoms with Gasteiger partial charge in [0.05, 0.1) is 16.2 Å². The van der Waals surface area contributed by atoms with Crippen molar-refractivity contribution in [3.05, 3.63) is 64.2 Å². The maximum Gasteiger partial charge on any atom is 0.269 e. The van der Waals surface area contributed by atoms with Gasteiger partial charge in [-0.2, -0.15) is 0 Å². The van der Waals surface area contributed by atoms with Crippen LogP contribution >= 0.6 is 11.8 Å². The van der Waals surface area contributed by atoms with Crippen molar-refractivity contribution in [3.8, 4) is 0 Å². The molecule has 3 rings (SSSR count). The summed E-state index contributed by atoms with van der Waals surface area (Å²) in [5, 5.41) is 16.7. The normalized spacial score (nSPS) is 14.8. The summed E-state index contributed by atoms with van der Waals surface area (Å²) in [7, 11) is 0. The third-order valence-corrected chi connectivity index (χ3v) is 6.37. The summed E-state index contributed by atoms with van der Waals surface area (Å²) in [5.74, 6) is -0.0864. The molecule has 0 radical (unpaired) electrons. The number of carbonyl (C=O) groups excluding carboxylic acids is 2. The smallest absolute Gasteiger partial charge is 0.269 e. The topological polar surface area (TPSA) is 101 Å². The molecule has 0 saturated heterocycles. The molecule has 0 aromatic heterocycles. The lowest BCUT2D eigenvalue weighted by Gasteiger charge is -2.21. The van der Waals surface area contributed by atoms with E-state index in [-0.39, 0.29) is 29.3 Å². The van der Waals surface area contributed by atoms with Crippen molar-refractivity contribution >= 4 is 35.0 Å². The second-order valence-corrected chi connectivity index (χ2v) is 8.67. The van der Waals surface area contributed by atoms with Crippen LogP contribution < -0.4 is 10.6 Å². The third-order valence-electron chi connectivity index (χ3n) is 5.30. The van der Waals surface area contributed by atoms with Crippen molar-refractivity contribution < 1.29 is 14.5 Å². The average Bonchev–Trinajstić information content (AvgIpc) is 2.74. The Kier molecular flexibility index (Phi) is 8.46. The van der Waals surface area contributed by atoms with Crippen LogP contribution in [0.3, 0.4) is 0 Å². The van der Waals surface area contributed by atoms with E-state index in [0.29, 0.717) is 11.3 Å². The number of hydrogen-bond donors (Lipinski definition) is 2. The average molecular weight is 442 g/mol. The summed E-state index contributed by atoms with van der Waals surface area (Å²) in [6.07, 6.45) is 8.13. The minimum absolute atomic E-state index is 0.0128. The number of carbonyl (C=O) groups is 2. The molecule has 31 heavy (non-hydrogen) atoms. The largest absolute Gasteiger partial charge is 0.353 e. The van der Waals surface area contributed by atoms with Gasteiger partial charge in [0.25, 0.3) is 11.6 Å². The van der Waals surface area contributed by atoms with Crippen LogP contribution in [-0.4, -0.2) is 28.5 Å². The second-order valence-electron chi connectivity index (χ2n) is 7.65. The van der Waals surface area contributed by atoms with Crippen molar-refractivity contribution in [1.29, 1.82) is 0 Å². The summed E-state index contributed by atoms with van der Waals surface area (Å²) < 4.78 is 0. The summed E-state index contributed by atoms with van der Waals surface area (Å²) in [6, 6.07) is 13.0. The number of rotatable bonds is 7. The number of nitro groups is 1. The molecule has 2 amide bonds. The van der Waals surface area contributed by atoms with Crippen LogP contribution in [0.25, 0.3) is 0 Å². The Morgan fingerprint density at radius 1 is 0.968 bits per heavy atom. The molecule has 7 nitrogen and oxygen atoms in total. The lowest BCUT2D eigenvalue weighted by molar-refractivity contribution is -0.384. The number of nitrogens with one attached hydrogen (secondary N) is 2. The molecule has 0 atom stereocenters. The maximum absolute atomic E-state index is 12.7. The van der Waals surface area contributed by atoms with E-state index >= 15 is 0 Å². The van der Waals surface area contributed by atoms with Gasteiger partial charge in [-0.05, 0) is 37.1 Å². The SMILES string of the molecule is O=C(CSc1ccccc1C(=O)Nc1ccc([N+](=O)[O-])cc1)NC1CCCCCCC1. The first-order valence-corrected chi connectivity index (χ1v) is 11.6. The molecule has 8 heteroatoms. The van der Waals surface area contributed by atoms with E-state index < -0.39 is 4.92 Å². The van der Waals surface area contributed by atoms with Crippen LogP contribution in [-0.2, 0) is 4.79 Å². The summed E-state index contributed by atoms with van der Waals surface area (Å²) in [6.45, 7) is 0. The van der Waals surface area contributed by atoms with Crippen LogP contribution in [0, 0.1) is 10.1 Å². The number of nitrogens with zero attached hydrogens (tertiary/aromatic N) is 1. The minimum Gasteiger partial charge on any atom is -0.353 e. The first-order valence-electron chi connectivity index (χ1n) is 10.6. The highest BCUT2D eigenvalue weighted by Crippen LogP contribution is 2.24. The molecule has 2 N–H and O–H groups in total. The molecule has 1 aliphatic rings. The van der Waals surface area contributed by atoms with Crippen molar-refractivity contribution in [2.45, 2.75) is 55.9 Å². The molecule has 2 aromatic rings. The lowest BCUT2D eigenvalue weighted by atomic mass is 9.97. The van der Waals surface area contributed by atoms with Gasteiger partial charge in [-0.3, -0.25) is 19.7 Å². The van der Waals surface area contributed by atoms with Gasteiger partial charge < -0.3 is 10.6 Å². The zero-order valence-electron chi connectivity index (χ0n) is 17.3. The molecule has 0 aliphatic heterocycles. The highest BCUT2D eigenvalue weighted by molar-refractivity contribution is 8.00. The summed E-state index contributed by atoms with van der Waals surface area (Å²) >= 11 is 1.34. The predicted molar refractivity (Wildman–Crippen MR) is 122 cm³/mol. The molecule has 2 aromatic carbocycles.